The quantitative estimate of drug-likeness (QED) is 0.173. The summed E-state index contributed by atoms with van der Waals surface area (Å²) in [5, 5.41) is 23.4. The molecule has 340 valence electrons. The Labute approximate surface area is 379 Å². The third-order valence-corrected chi connectivity index (χ3v) is 34.1. The highest BCUT2D eigenvalue weighted by Crippen LogP contribution is 2.63. The van der Waals surface area contributed by atoms with Crippen molar-refractivity contribution in [2.75, 3.05) is 13.1 Å². The minimum atomic E-state index is -3.60. The number of benzene rings is 2. The van der Waals surface area contributed by atoms with E-state index in [4.69, 9.17) is 0 Å². The van der Waals surface area contributed by atoms with Gasteiger partial charge in [-0.3, -0.25) is 0 Å². The highest BCUT2D eigenvalue weighted by atomic mass is 32.2. The van der Waals surface area contributed by atoms with Gasteiger partial charge in [-0.05, 0) is 91.3 Å². The third kappa shape index (κ3) is 6.45. The molecular weight excluding hydrogens is 841 g/mol. The molecule has 4 aliphatic heterocycles. The fourth-order valence-corrected chi connectivity index (χ4v) is 32.6. The summed E-state index contributed by atoms with van der Waals surface area (Å²) < 4.78 is 58.1. The second-order valence-electron chi connectivity index (χ2n) is 21.3. The van der Waals surface area contributed by atoms with Gasteiger partial charge in [-0.1, -0.05) is 161 Å². The highest BCUT2D eigenvalue weighted by Gasteiger charge is 2.66. The third-order valence-electron chi connectivity index (χ3n) is 16.2. The Kier molecular flexibility index (Phi) is 13.9. The number of hydrogen-bond donors (Lipinski definition) is 0. The molecular formula is C50H76N4O4S2Si2. The van der Waals surface area contributed by atoms with E-state index in [0.29, 0.717) is 56.1 Å². The standard InChI is InChI=1S/2C25H38N2O2SSi/c2*1-16(2)25-21-12-10-11-13-22(21)30(28,29)27(25)15-20(9)24(25)23(14-26)31(17(3)4,18(5)6)19(7)8/h2*10-13,16-20H,15H2,1-9H3/b2*24-23+/t2*20-,25-/m11/s1. The van der Waals surface area contributed by atoms with Crippen LogP contribution in [0.25, 0.3) is 0 Å². The number of nitriles is 2. The van der Waals surface area contributed by atoms with Crippen molar-refractivity contribution in [3.05, 3.63) is 81.2 Å². The van der Waals surface area contributed by atoms with Crippen LogP contribution in [-0.4, -0.2) is 54.7 Å². The first-order chi connectivity index (χ1) is 28.7. The van der Waals surface area contributed by atoms with E-state index in [9.17, 15) is 27.4 Å². The van der Waals surface area contributed by atoms with Crippen LogP contribution in [0, 0.1) is 46.3 Å². The smallest absolute Gasteiger partial charge is 0.207 e. The van der Waals surface area contributed by atoms with Crippen LogP contribution in [0.2, 0.25) is 33.2 Å². The summed E-state index contributed by atoms with van der Waals surface area (Å²) in [5.41, 5.74) is 4.65. The molecule has 6 rings (SSSR count). The van der Waals surface area contributed by atoms with E-state index < -0.39 is 47.3 Å². The van der Waals surface area contributed by atoms with Crippen LogP contribution in [0.15, 0.2) is 79.9 Å². The molecule has 0 saturated carbocycles. The molecule has 8 nitrogen and oxygen atoms in total. The van der Waals surface area contributed by atoms with Crippen molar-refractivity contribution in [3.8, 4) is 12.1 Å². The summed E-state index contributed by atoms with van der Waals surface area (Å²) in [7, 11) is -11.8. The van der Waals surface area contributed by atoms with Gasteiger partial charge in [0.1, 0.15) is 16.1 Å². The van der Waals surface area contributed by atoms with Crippen LogP contribution >= 0.6 is 0 Å². The second kappa shape index (κ2) is 17.2. The van der Waals surface area contributed by atoms with Crippen molar-refractivity contribution in [2.24, 2.45) is 23.7 Å². The van der Waals surface area contributed by atoms with Gasteiger partial charge in [0.15, 0.2) is 0 Å². The van der Waals surface area contributed by atoms with Gasteiger partial charge in [0.2, 0.25) is 20.0 Å². The van der Waals surface area contributed by atoms with Crippen LogP contribution in [0.1, 0.15) is 136 Å². The summed E-state index contributed by atoms with van der Waals surface area (Å²) >= 11 is 0. The van der Waals surface area contributed by atoms with Gasteiger partial charge in [0.25, 0.3) is 0 Å². The Morgan fingerprint density at radius 2 is 0.790 bits per heavy atom. The molecule has 0 spiro atoms. The predicted octanol–water partition coefficient (Wildman–Crippen LogP) is 12.5. The van der Waals surface area contributed by atoms with E-state index in [-0.39, 0.29) is 23.7 Å². The average Bonchev–Trinajstić information content (AvgIpc) is 3.79. The summed E-state index contributed by atoms with van der Waals surface area (Å²) in [6, 6.07) is 20.4. The molecule has 2 aromatic carbocycles. The van der Waals surface area contributed by atoms with Crippen LogP contribution in [-0.2, 0) is 31.1 Å². The minimum absolute atomic E-state index is 0.0170. The van der Waals surface area contributed by atoms with Crippen molar-refractivity contribution >= 4 is 36.2 Å². The molecule has 0 radical (unpaired) electrons. The molecule has 0 amide bonds. The van der Waals surface area contributed by atoms with E-state index in [2.05, 4.69) is 137 Å². The largest absolute Gasteiger partial charge is 0.244 e. The lowest BCUT2D eigenvalue weighted by Crippen LogP contribution is -2.50. The molecule has 12 heteroatoms. The van der Waals surface area contributed by atoms with Crippen LogP contribution < -0.4 is 0 Å². The minimum Gasteiger partial charge on any atom is -0.207 e. The zero-order chi connectivity index (χ0) is 47.0. The molecule has 0 bridgehead atoms. The molecule has 0 aromatic heterocycles. The topological polar surface area (TPSA) is 122 Å². The zero-order valence-corrected chi connectivity index (χ0v) is 44.7. The maximum atomic E-state index is 13.7. The Balaban J connectivity index is 0.000000234. The zero-order valence-electron chi connectivity index (χ0n) is 41.0. The van der Waals surface area contributed by atoms with Gasteiger partial charge in [0, 0.05) is 23.5 Å². The van der Waals surface area contributed by atoms with Crippen molar-refractivity contribution < 1.29 is 16.8 Å². The van der Waals surface area contributed by atoms with Gasteiger partial charge in [0.05, 0.1) is 33.0 Å². The molecule has 0 aliphatic carbocycles. The average molecular weight is 917 g/mol. The summed E-state index contributed by atoms with van der Waals surface area (Å²) in [4.78, 5) is 0.826. The number of rotatable bonds is 10. The molecule has 4 atom stereocenters. The summed E-state index contributed by atoms with van der Waals surface area (Å²) in [6.45, 7) is 40.8. The molecule has 4 heterocycles. The Hall–Kier alpha value is -2.85. The number of hydrogen-bond acceptors (Lipinski definition) is 6. The lowest BCUT2D eigenvalue weighted by molar-refractivity contribution is 0.217. The highest BCUT2D eigenvalue weighted by molar-refractivity contribution is 7.89. The first-order valence-electron chi connectivity index (χ1n) is 23.2. The van der Waals surface area contributed by atoms with Crippen LogP contribution in [0.4, 0.5) is 0 Å². The molecule has 2 aromatic rings. The molecule has 2 fully saturated rings. The Morgan fingerprint density at radius 3 is 1.02 bits per heavy atom. The lowest BCUT2D eigenvalue weighted by Gasteiger charge is -2.46. The maximum Gasteiger partial charge on any atom is 0.244 e. The molecule has 0 N–H and O–H groups in total. The number of fused-ring (bicyclic) bond motifs is 6. The van der Waals surface area contributed by atoms with Crippen molar-refractivity contribution in [1.29, 1.82) is 10.5 Å². The predicted molar refractivity (Wildman–Crippen MR) is 259 cm³/mol. The van der Waals surface area contributed by atoms with Crippen molar-refractivity contribution in [3.63, 3.8) is 0 Å². The Bertz CT molecular complexity index is 2230. The van der Waals surface area contributed by atoms with Crippen LogP contribution in [0.5, 0.6) is 0 Å². The van der Waals surface area contributed by atoms with Gasteiger partial charge in [-0.2, -0.15) is 19.1 Å². The van der Waals surface area contributed by atoms with Gasteiger partial charge in [-0.15, -0.1) is 0 Å². The monoisotopic (exact) mass is 916 g/mol. The lowest BCUT2D eigenvalue weighted by atomic mass is 9.73. The van der Waals surface area contributed by atoms with Gasteiger partial charge < -0.3 is 0 Å². The Morgan fingerprint density at radius 1 is 0.532 bits per heavy atom. The fourth-order valence-electron chi connectivity index (χ4n) is 14.6. The number of nitrogens with zero attached hydrogens (tertiary/aromatic N) is 4. The summed E-state index contributed by atoms with van der Waals surface area (Å²) in [6.07, 6.45) is 0. The first-order valence-corrected chi connectivity index (χ1v) is 30.6. The number of sulfonamides is 2. The van der Waals surface area contributed by atoms with E-state index in [1.54, 1.807) is 32.9 Å². The molecule has 0 unspecified atom stereocenters. The molecule has 2 saturated heterocycles. The first kappa shape index (κ1) is 50.2. The van der Waals surface area contributed by atoms with Crippen LogP contribution in [0.3, 0.4) is 0 Å². The maximum absolute atomic E-state index is 13.7. The number of allylic oxidation sites excluding steroid dienone is 2. The van der Waals surface area contributed by atoms with E-state index in [1.165, 1.54) is 0 Å². The fraction of sp³-hybridized carbons (Fsp3) is 0.640. The normalized spacial score (nSPS) is 27.2. The van der Waals surface area contributed by atoms with Gasteiger partial charge in [-0.25, -0.2) is 16.8 Å². The van der Waals surface area contributed by atoms with E-state index in [1.807, 2.05) is 24.3 Å². The second-order valence-corrected chi connectivity index (χ2v) is 36.6. The summed E-state index contributed by atoms with van der Waals surface area (Å²) in [5.74, 6) is 0.0754. The molecule has 62 heavy (non-hydrogen) atoms. The van der Waals surface area contributed by atoms with Gasteiger partial charge >= 0.3 is 0 Å². The van der Waals surface area contributed by atoms with Crippen molar-refractivity contribution in [2.45, 2.75) is 179 Å². The molecule has 4 aliphatic rings. The van der Waals surface area contributed by atoms with E-state index >= 15 is 0 Å². The van der Waals surface area contributed by atoms with Crippen molar-refractivity contribution in [1.82, 2.24) is 8.61 Å². The van der Waals surface area contributed by atoms with E-state index in [0.717, 1.165) is 32.7 Å². The SMILES string of the molecule is CC(C)[C@@]12/C(=C(\C#N)[Si](C(C)C)(C(C)C)C(C)C)[C@H](C)CN1S(=O)(=O)c1ccccc12.CC(C)[C@@]12/C(=C(\C#N)[Si](C(C)C)(C(C)C)C(C)C)[C@H](C)CN1S(=O)(=O)c1ccccc12.